The number of aliphatic hydroxyl groups is 1. The van der Waals surface area contributed by atoms with E-state index in [1.54, 1.807) is 25.1 Å². The first-order valence-electron chi connectivity index (χ1n) is 5.45. The van der Waals surface area contributed by atoms with E-state index in [9.17, 15) is 9.59 Å². The molecule has 17 heavy (non-hydrogen) atoms. The largest absolute Gasteiger partial charge is 0.392 e. The molecule has 1 aromatic rings. The topological polar surface area (TPSA) is 78.4 Å². The van der Waals surface area contributed by atoms with E-state index >= 15 is 0 Å². The molecule has 0 fully saturated rings. The Morgan fingerprint density at radius 1 is 1.59 bits per heavy atom. The van der Waals surface area contributed by atoms with Gasteiger partial charge in [0.15, 0.2) is 0 Å². The first-order valence-corrected chi connectivity index (χ1v) is 5.45. The van der Waals surface area contributed by atoms with Gasteiger partial charge in [-0.3, -0.25) is 9.59 Å². The van der Waals surface area contributed by atoms with Crippen LogP contribution in [-0.4, -0.2) is 29.6 Å². The second-order valence-corrected chi connectivity index (χ2v) is 4.16. The SMILES string of the molecule is C[C@H](O)CNC(=O)c1ccc2c(c1)CC(=O)N2. The van der Waals surface area contributed by atoms with Gasteiger partial charge in [-0.25, -0.2) is 0 Å². The Kier molecular flexibility index (Phi) is 3.10. The highest BCUT2D eigenvalue weighted by Crippen LogP contribution is 2.23. The van der Waals surface area contributed by atoms with Crippen molar-refractivity contribution in [2.75, 3.05) is 11.9 Å². The molecule has 0 unspecified atom stereocenters. The average molecular weight is 234 g/mol. The van der Waals surface area contributed by atoms with Gasteiger partial charge in [-0.1, -0.05) is 0 Å². The highest BCUT2D eigenvalue weighted by atomic mass is 16.3. The first-order chi connectivity index (χ1) is 8.06. The maximum Gasteiger partial charge on any atom is 0.251 e. The quantitative estimate of drug-likeness (QED) is 0.703. The van der Waals surface area contributed by atoms with Crippen molar-refractivity contribution in [2.45, 2.75) is 19.4 Å². The lowest BCUT2D eigenvalue weighted by Crippen LogP contribution is -2.30. The van der Waals surface area contributed by atoms with Crippen LogP contribution in [0, 0.1) is 0 Å². The number of anilines is 1. The van der Waals surface area contributed by atoms with E-state index in [-0.39, 0.29) is 18.4 Å². The molecule has 1 atom stereocenters. The van der Waals surface area contributed by atoms with Gasteiger partial charge in [-0.05, 0) is 30.7 Å². The van der Waals surface area contributed by atoms with Gasteiger partial charge in [0.05, 0.1) is 12.5 Å². The van der Waals surface area contributed by atoms with E-state index in [4.69, 9.17) is 5.11 Å². The van der Waals surface area contributed by atoms with Crippen molar-refractivity contribution in [1.29, 1.82) is 0 Å². The maximum atomic E-state index is 11.7. The summed E-state index contributed by atoms with van der Waals surface area (Å²) >= 11 is 0. The summed E-state index contributed by atoms with van der Waals surface area (Å²) < 4.78 is 0. The molecule has 1 aliphatic rings. The van der Waals surface area contributed by atoms with Gasteiger partial charge in [0, 0.05) is 17.8 Å². The highest BCUT2D eigenvalue weighted by Gasteiger charge is 2.19. The van der Waals surface area contributed by atoms with Crippen LogP contribution in [0.5, 0.6) is 0 Å². The Morgan fingerprint density at radius 3 is 3.06 bits per heavy atom. The van der Waals surface area contributed by atoms with Gasteiger partial charge in [0.2, 0.25) is 5.91 Å². The van der Waals surface area contributed by atoms with Crippen molar-refractivity contribution in [2.24, 2.45) is 0 Å². The van der Waals surface area contributed by atoms with Crippen LogP contribution in [0.2, 0.25) is 0 Å². The minimum absolute atomic E-state index is 0.0541. The predicted molar refractivity (Wildman–Crippen MR) is 62.8 cm³/mol. The molecule has 0 aromatic heterocycles. The van der Waals surface area contributed by atoms with Crippen LogP contribution in [0.1, 0.15) is 22.8 Å². The number of fused-ring (bicyclic) bond motifs is 1. The molecule has 1 aromatic carbocycles. The number of carbonyl (C=O) groups is 2. The number of aliphatic hydroxyl groups excluding tert-OH is 1. The van der Waals surface area contributed by atoms with Crippen molar-refractivity contribution in [3.05, 3.63) is 29.3 Å². The number of benzene rings is 1. The van der Waals surface area contributed by atoms with E-state index < -0.39 is 6.10 Å². The van der Waals surface area contributed by atoms with E-state index in [1.807, 2.05) is 0 Å². The molecule has 0 spiro atoms. The fraction of sp³-hybridized carbons (Fsp3) is 0.333. The molecule has 0 saturated carbocycles. The van der Waals surface area contributed by atoms with E-state index in [0.29, 0.717) is 12.0 Å². The van der Waals surface area contributed by atoms with Gasteiger partial charge < -0.3 is 15.7 Å². The Bertz CT molecular complexity index is 469. The third kappa shape index (κ3) is 2.62. The number of carbonyl (C=O) groups excluding carboxylic acids is 2. The lowest BCUT2D eigenvalue weighted by atomic mass is 10.1. The molecule has 5 heteroatoms. The molecule has 2 rings (SSSR count). The Hall–Kier alpha value is -1.88. The molecule has 1 aliphatic heterocycles. The van der Waals surface area contributed by atoms with Crippen molar-refractivity contribution in [3.8, 4) is 0 Å². The van der Waals surface area contributed by atoms with Crippen LogP contribution in [0.4, 0.5) is 5.69 Å². The number of amides is 2. The summed E-state index contributed by atoms with van der Waals surface area (Å²) in [4.78, 5) is 22.9. The van der Waals surface area contributed by atoms with Gasteiger partial charge in [0.25, 0.3) is 5.91 Å². The summed E-state index contributed by atoms with van der Waals surface area (Å²) in [7, 11) is 0. The number of hydrogen-bond donors (Lipinski definition) is 3. The molecule has 1 heterocycles. The van der Waals surface area contributed by atoms with Crippen molar-refractivity contribution < 1.29 is 14.7 Å². The number of rotatable bonds is 3. The molecule has 0 bridgehead atoms. The molecule has 3 N–H and O–H groups in total. The van der Waals surface area contributed by atoms with Gasteiger partial charge in [-0.15, -0.1) is 0 Å². The zero-order valence-electron chi connectivity index (χ0n) is 9.49. The Labute approximate surface area is 98.8 Å². The molecular weight excluding hydrogens is 220 g/mol. The fourth-order valence-corrected chi connectivity index (χ4v) is 1.71. The van der Waals surface area contributed by atoms with Crippen molar-refractivity contribution in [1.82, 2.24) is 5.32 Å². The third-order valence-electron chi connectivity index (χ3n) is 2.55. The monoisotopic (exact) mass is 234 g/mol. The van der Waals surface area contributed by atoms with Crippen LogP contribution in [0.25, 0.3) is 0 Å². The molecular formula is C12H14N2O3. The van der Waals surface area contributed by atoms with Crippen LogP contribution in [-0.2, 0) is 11.2 Å². The lowest BCUT2D eigenvalue weighted by molar-refractivity contribution is -0.115. The van der Waals surface area contributed by atoms with Crippen molar-refractivity contribution in [3.63, 3.8) is 0 Å². The summed E-state index contributed by atoms with van der Waals surface area (Å²) in [5.41, 5.74) is 2.10. The standard InChI is InChI=1S/C12H14N2O3/c1-7(15)6-13-12(17)8-2-3-10-9(4-8)5-11(16)14-10/h2-4,7,15H,5-6H2,1H3,(H,13,17)(H,14,16)/t7-/m0/s1. The second-order valence-electron chi connectivity index (χ2n) is 4.16. The summed E-state index contributed by atoms with van der Waals surface area (Å²) in [6.07, 6.45) is -0.260. The maximum absolute atomic E-state index is 11.7. The smallest absolute Gasteiger partial charge is 0.251 e. The second kappa shape index (κ2) is 4.55. The van der Waals surface area contributed by atoms with Crippen LogP contribution < -0.4 is 10.6 Å². The first kappa shape index (κ1) is 11.6. The van der Waals surface area contributed by atoms with Crippen LogP contribution >= 0.6 is 0 Å². The number of nitrogens with one attached hydrogen (secondary N) is 2. The Balaban J connectivity index is 2.10. The predicted octanol–water partition coefficient (Wildman–Crippen LogP) is 0.292. The van der Waals surface area contributed by atoms with Gasteiger partial charge in [-0.2, -0.15) is 0 Å². The zero-order chi connectivity index (χ0) is 12.4. The number of hydrogen-bond acceptors (Lipinski definition) is 3. The third-order valence-corrected chi connectivity index (χ3v) is 2.55. The molecule has 90 valence electrons. The van der Waals surface area contributed by atoms with E-state index in [2.05, 4.69) is 10.6 Å². The van der Waals surface area contributed by atoms with Crippen molar-refractivity contribution >= 4 is 17.5 Å². The van der Waals surface area contributed by atoms with E-state index in [1.165, 1.54) is 0 Å². The minimum atomic E-state index is -0.573. The Morgan fingerprint density at radius 2 is 2.35 bits per heavy atom. The van der Waals surface area contributed by atoms with E-state index in [0.717, 1.165) is 11.3 Å². The molecule has 5 nitrogen and oxygen atoms in total. The molecule has 0 radical (unpaired) electrons. The average Bonchev–Trinajstić information content (AvgIpc) is 2.64. The zero-order valence-corrected chi connectivity index (χ0v) is 9.49. The fourth-order valence-electron chi connectivity index (χ4n) is 1.71. The molecule has 0 saturated heterocycles. The van der Waals surface area contributed by atoms with Gasteiger partial charge in [0.1, 0.15) is 0 Å². The van der Waals surface area contributed by atoms with Crippen LogP contribution in [0.3, 0.4) is 0 Å². The normalized spacial score (nSPS) is 15.1. The summed E-state index contributed by atoms with van der Waals surface area (Å²) in [6.45, 7) is 1.82. The summed E-state index contributed by atoms with van der Waals surface area (Å²) in [6, 6.07) is 5.07. The minimum Gasteiger partial charge on any atom is -0.392 e. The summed E-state index contributed by atoms with van der Waals surface area (Å²) in [5, 5.41) is 14.4. The van der Waals surface area contributed by atoms with Gasteiger partial charge >= 0.3 is 0 Å². The van der Waals surface area contributed by atoms with Crippen LogP contribution in [0.15, 0.2) is 18.2 Å². The summed E-state index contributed by atoms with van der Waals surface area (Å²) in [5.74, 6) is -0.297. The highest BCUT2D eigenvalue weighted by molar-refractivity contribution is 6.01. The molecule has 2 amide bonds. The lowest BCUT2D eigenvalue weighted by Gasteiger charge is -2.08. The molecule has 0 aliphatic carbocycles.